The number of rotatable bonds is 7. The highest BCUT2D eigenvalue weighted by Crippen LogP contribution is 2.63. The molecule has 2 aromatic rings. The van der Waals surface area contributed by atoms with Crippen LogP contribution in [0.3, 0.4) is 0 Å². The fraction of sp³-hybridized carbons (Fsp3) is 0.400. The van der Waals surface area contributed by atoms with Gasteiger partial charge in [0.1, 0.15) is 11.2 Å². The molecule has 0 spiro atoms. The van der Waals surface area contributed by atoms with Crippen molar-refractivity contribution in [2.24, 2.45) is 0 Å². The van der Waals surface area contributed by atoms with Crippen molar-refractivity contribution in [2.75, 3.05) is 0 Å². The summed E-state index contributed by atoms with van der Waals surface area (Å²) in [6.45, 7) is 3.73. The second kappa shape index (κ2) is 6.38. The van der Waals surface area contributed by atoms with Gasteiger partial charge in [-0.25, -0.2) is 0 Å². The fourth-order valence-corrected chi connectivity index (χ4v) is 5.99. The van der Waals surface area contributed by atoms with E-state index in [1.54, 1.807) is 24.3 Å². The molecule has 0 bridgehead atoms. The Morgan fingerprint density at radius 1 is 0.607 bits per heavy atom. The first-order chi connectivity index (χ1) is 13.1. The summed E-state index contributed by atoms with van der Waals surface area (Å²) in [4.78, 5) is 0.114. The Morgan fingerprint density at radius 2 is 0.893 bits per heavy atom. The molecule has 6 nitrogen and oxygen atoms in total. The van der Waals surface area contributed by atoms with Crippen molar-refractivity contribution in [3.05, 3.63) is 59.7 Å². The summed E-state index contributed by atoms with van der Waals surface area (Å²) in [5.74, 6) is 0. The van der Waals surface area contributed by atoms with Crippen molar-refractivity contribution in [2.45, 2.75) is 60.5 Å². The molecule has 0 saturated heterocycles. The van der Waals surface area contributed by atoms with Crippen molar-refractivity contribution in [3.63, 3.8) is 0 Å². The van der Waals surface area contributed by atoms with E-state index in [-0.39, 0.29) is 9.79 Å². The molecule has 8 heteroatoms. The van der Waals surface area contributed by atoms with E-state index in [1.165, 1.54) is 24.3 Å². The van der Waals surface area contributed by atoms with Gasteiger partial charge in [0, 0.05) is 0 Å². The number of benzene rings is 2. The van der Waals surface area contributed by atoms with E-state index in [0.717, 1.165) is 11.1 Å². The van der Waals surface area contributed by atoms with Gasteiger partial charge in [-0.2, -0.15) is 16.8 Å². The normalized spacial score (nSPS) is 19.9. The number of hydrogen-bond acceptors (Lipinski definition) is 6. The van der Waals surface area contributed by atoms with Gasteiger partial charge in [0.2, 0.25) is 0 Å². The molecule has 0 amide bonds. The first kappa shape index (κ1) is 19.6. The van der Waals surface area contributed by atoms with Crippen LogP contribution in [0.5, 0.6) is 0 Å². The van der Waals surface area contributed by atoms with Crippen LogP contribution in [0.2, 0.25) is 0 Å². The number of aryl methyl sites for hydroxylation is 2. The van der Waals surface area contributed by atoms with Crippen LogP contribution in [-0.2, 0) is 28.6 Å². The lowest BCUT2D eigenvalue weighted by molar-refractivity contribution is 0.0239. The highest BCUT2D eigenvalue weighted by Gasteiger charge is 2.71. The molecular formula is C20H22O6S2. The van der Waals surface area contributed by atoms with Gasteiger partial charge in [0.25, 0.3) is 20.2 Å². The van der Waals surface area contributed by atoms with Gasteiger partial charge in [-0.3, -0.25) is 8.37 Å². The van der Waals surface area contributed by atoms with Gasteiger partial charge >= 0.3 is 0 Å². The molecule has 2 saturated carbocycles. The molecule has 150 valence electrons. The van der Waals surface area contributed by atoms with Gasteiger partial charge in [-0.1, -0.05) is 35.4 Å². The first-order valence-corrected chi connectivity index (χ1v) is 11.9. The largest absolute Gasteiger partial charge is 0.297 e. The molecule has 0 heterocycles. The van der Waals surface area contributed by atoms with Crippen molar-refractivity contribution in [1.82, 2.24) is 0 Å². The summed E-state index contributed by atoms with van der Waals surface area (Å²) in [7, 11) is -8.03. The summed E-state index contributed by atoms with van der Waals surface area (Å²) in [6.07, 6.45) is 1.78. The zero-order valence-electron chi connectivity index (χ0n) is 15.7. The van der Waals surface area contributed by atoms with Crippen LogP contribution < -0.4 is 0 Å². The summed E-state index contributed by atoms with van der Waals surface area (Å²) in [6, 6.07) is 12.7. The van der Waals surface area contributed by atoms with Crippen molar-refractivity contribution < 1.29 is 25.2 Å². The highest BCUT2D eigenvalue weighted by atomic mass is 32.2. The molecule has 0 N–H and O–H groups in total. The minimum atomic E-state index is -4.02. The lowest BCUT2D eigenvalue weighted by Gasteiger charge is -2.26. The second-order valence-electron chi connectivity index (χ2n) is 7.69. The monoisotopic (exact) mass is 422 g/mol. The summed E-state index contributed by atoms with van der Waals surface area (Å²) >= 11 is 0. The molecule has 4 rings (SSSR count). The van der Waals surface area contributed by atoms with E-state index in [2.05, 4.69) is 0 Å². The molecule has 0 aromatic heterocycles. The average Bonchev–Trinajstić information content (AvgIpc) is 3.53. The minimum absolute atomic E-state index is 0.0570. The van der Waals surface area contributed by atoms with E-state index in [9.17, 15) is 16.8 Å². The smallest absolute Gasteiger partial charge is 0.257 e. The maximum Gasteiger partial charge on any atom is 0.297 e. The summed E-state index contributed by atoms with van der Waals surface area (Å²) < 4.78 is 62.0. The van der Waals surface area contributed by atoms with E-state index < -0.39 is 31.4 Å². The molecule has 2 fully saturated rings. The van der Waals surface area contributed by atoms with E-state index in [1.807, 2.05) is 13.8 Å². The molecule has 0 unspecified atom stereocenters. The molecule has 0 aliphatic heterocycles. The molecule has 0 radical (unpaired) electrons. The SMILES string of the molecule is Cc1ccc(S(=O)(=O)OC2(C3(OS(=O)(=O)c4ccc(C)cc4)CC3)CC2)cc1. The van der Waals surface area contributed by atoms with E-state index in [4.69, 9.17) is 8.37 Å². The van der Waals surface area contributed by atoms with Gasteiger partial charge in [0.15, 0.2) is 0 Å². The van der Waals surface area contributed by atoms with Gasteiger partial charge in [-0.05, 0) is 63.8 Å². The Labute approximate surface area is 165 Å². The molecule has 2 aromatic carbocycles. The Hall–Kier alpha value is -1.74. The Kier molecular flexibility index (Phi) is 4.46. The van der Waals surface area contributed by atoms with Crippen LogP contribution in [0, 0.1) is 13.8 Å². The van der Waals surface area contributed by atoms with Crippen molar-refractivity contribution in [1.29, 1.82) is 0 Å². The summed E-state index contributed by atoms with van der Waals surface area (Å²) in [5, 5.41) is 0. The highest BCUT2D eigenvalue weighted by molar-refractivity contribution is 7.87. The number of hydrogen-bond donors (Lipinski definition) is 0. The van der Waals surface area contributed by atoms with Crippen LogP contribution in [0.15, 0.2) is 58.3 Å². The molecule has 0 atom stereocenters. The Bertz CT molecular complexity index is 1000. The third kappa shape index (κ3) is 3.50. The van der Waals surface area contributed by atoms with Crippen LogP contribution >= 0.6 is 0 Å². The maximum atomic E-state index is 12.7. The molecule has 2 aliphatic rings. The van der Waals surface area contributed by atoms with Crippen molar-refractivity contribution in [3.8, 4) is 0 Å². The average molecular weight is 423 g/mol. The fourth-order valence-electron chi connectivity index (χ4n) is 3.38. The van der Waals surface area contributed by atoms with Gasteiger partial charge < -0.3 is 0 Å². The molecule has 2 aliphatic carbocycles. The minimum Gasteiger partial charge on any atom is -0.257 e. The Morgan fingerprint density at radius 3 is 1.14 bits per heavy atom. The quantitative estimate of drug-likeness (QED) is 0.635. The maximum absolute atomic E-state index is 12.7. The topological polar surface area (TPSA) is 86.7 Å². The third-order valence-electron chi connectivity index (χ3n) is 5.40. The summed E-state index contributed by atoms with van der Waals surface area (Å²) in [5.41, 5.74) is -0.360. The zero-order valence-corrected chi connectivity index (χ0v) is 17.3. The predicted octanol–water partition coefficient (Wildman–Crippen LogP) is 3.48. The van der Waals surface area contributed by atoms with E-state index >= 15 is 0 Å². The lowest BCUT2D eigenvalue weighted by atomic mass is 10.1. The van der Waals surface area contributed by atoms with Crippen LogP contribution in [-0.4, -0.2) is 28.0 Å². The van der Waals surface area contributed by atoms with Crippen LogP contribution in [0.4, 0.5) is 0 Å². The standard InChI is InChI=1S/C20H22O6S2/c1-15-3-7-17(8-4-15)27(21,22)25-19(11-12-19)20(13-14-20)26-28(23,24)18-9-5-16(2)6-10-18/h3-10H,11-14H2,1-2H3. The zero-order chi connectivity index (χ0) is 20.2. The molecule has 28 heavy (non-hydrogen) atoms. The van der Waals surface area contributed by atoms with Gasteiger partial charge in [-0.15, -0.1) is 0 Å². The lowest BCUT2D eigenvalue weighted by Crippen LogP contribution is -2.39. The first-order valence-electron chi connectivity index (χ1n) is 9.12. The molecular weight excluding hydrogens is 400 g/mol. The van der Waals surface area contributed by atoms with Gasteiger partial charge in [0.05, 0.1) is 9.79 Å². The van der Waals surface area contributed by atoms with Crippen molar-refractivity contribution >= 4 is 20.2 Å². The third-order valence-corrected chi connectivity index (χ3v) is 8.17. The second-order valence-corrected chi connectivity index (χ2v) is 10.8. The van der Waals surface area contributed by atoms with Crippen LogP contribution in [0.1, 0.15) is 36.8 Å². The van der Waals surface area contributed by atoms with E-state index in [0.29, 0.717) is 25.7 Å². The van der Waals surface area contributed by atoms with Crippen LogP contribution in [0.25, 0.3) is 0 Å². The predicted molar refractivity (Wildman–Crippen MR) is 103 cm³/mol. The Balaban J connectivity index is 1.58.